The van der Waals surface area contributed by atoms with Gasteiger partial charge in [-0.05, 0) is 44.1 Å². The van der Waals surface area contributed by atoms with Crippen LogP contribution in [-0.4, -0.2) is 64.6 Å². The first-order valence-electron chi connectivity index (χ1n) is 7.15. The Morgan fingerprint density at radius 1 is 1.50 bits per heavy atom. The molecule has 0 bridgehead atoms. The number of urea groups is 1. The Balaban J connectivity index is 2.74. The molecule has 0 aliphatic carbocycles. The van der Waals surface area contributed by atoms with Crippen molar-refractivity contribution in [2.75, 3.05) is 25.6 Å². The standard InChI is InChI=1S/C14H26N2O3S/c1-10-6-5-8-16(12(10)13(17)18)14(19)15(3)11(2)7-9-20-4/h10-12H,5-9H2,1-4H3,(H,17,18). The first-order valence-corrected chi connectivity index (χ1v) is 8.54. The number of piperidine rings is 1. The van der Waals surface area contributed by atoms with Gasteiger partial charge in [0, 0.05) is 19.6 Å². The molecule has 0 spiro atoms. The van der Waals surface area contributed by atoms with E-state index in [1.807, 2.05) is 20.1 Å². The summed E-state index contributed by atoms with van der Waals surface area (Å²) in [6.45, 7) is 4.46. The van der Waals surface area contributed by atoms with Crippen LogP contribution in [0.5, 0.6) is 0 Å². The Hall–Kier alpha value is -0.910. The van der Waals surface area contributed by atoms with Gasteiger partial charge in [0.25, 0.3) is 0 Å². The van der Waals surface area contributed by atoms with Crippen LogP contribution in [0.3, 0.4) is 0 Å². The van der Waals surface area contributed by atoms with Gasteiger partial charge in [-0.2, -0.15) is 11.8 Å². The molecule has 1 fully saturated rings. The van der Waals surface area contributed by atoms with Gasteiger partial charge in [-0.3, -0.25) is 0 Å². The third-order valence-electron chi connectivity index (χ3n) is 4.13. The lowest BCUT2D eigenvalue weighted by Gasteiger charge is -2.40. The SMILES string of the molecule is CSCCC(C)N(C)C(=O)N1CCCC(C)C1C(=O)O. The third kappa shape index (κ3) is 4.04. The molecule has 20 heavy (non-hydrogen) atoms. The van der Waals surface area contributed by atoms with Gasteiger partial charge < -0.3 is 14.9 Å². The van der Waals surface area contributed by atoms with E-state index in [0.29, 0.717) is 6.54 Å². The third-order valence-corrected chi connectivity index (χ3v) is 4.78. The van der Waals surface area contributed by atoms with E-state index in [2.05, 4.69) is 0 Å². The molecule has 1 saturated heterocycles. The normalized spacial score (nSPS) is 24.3. The van der Waals surface area contributed by atoms with Gasteiger partial charge in [0.2, 0.25) is 0 Å². The second-order valence-corrected chi connectivity index (χ2v) is 6.61. The van der Waals surface area contributed by atoms with Crippen LogP contribution < -0.4 is 0 Å². The van der Waals surface area contributed by atoms with Crippen molar-refractivity contribution in [2.24, 2.45) is 5.92 Å². The van der Waals surface area contributed by atoms with E-state index in [1.165, 1.54) is 4.90 Å². The van der Waals surface area contributed by atoms with Gasteiger partial charge in [0.1, 0.15) is 6.04 Å². The molecule has 5 nitrogen and oxygen atoms in total. The lowest BCUT2D eigenvalue weighted by molar-refractivity contribution is -0.145. The summed E-state index contributed by atoms with van der Waals surface area (Å²) >= 11 is 1.75. The molecule has 2 amide bonds. The molecule has 0 aromatic carbocycles. The van der Waals surface area contributed by atoms with Crippen molar-refractivity contribution in [2.45, 2.75) is 45.2 Å². The van der Waals surface area contributed by atoms with E-state index in [4.69, 9.17) is 0 Å². The lowest BCUT2D eigenvalue weighted by Crippen LogP contribution is -2.56. The van der Waals surface area contributed by atoms with Gasteiger partial charge in [-0.15, -0.1) is 0 Å². The number of carbonyl (C=O) groups is 2. The quantitative estimate of drug-likeness (QED) is 0.847. The zero-order valence-electron chi connectivity index (χ0n) is 12.8. The predicted molar refractivity (Wildman–Crippen MR) is 82.1 cm³/mol. The average Bonchev–Trinajstić information content (AvgIpc) is 2.42. The number of nitrogens with zero attached hydrogens (tertiary/aromatic N) is 2. The molecule has 0 aromatic rings. The van der Waals surface area contributed by atoms with Crippen molar-refractivity contribution in [3.05, 3.63) is 0 Å². The number of hydrogen-bond donors (Lipinski definition) is 1. The fourth-order valence-electron chi connectivity index (χ4n) is 2.65. The van der Waals surface area contributed by atoms with Crippen molar-refractivity contribution in [3.8, 4) is 0 Å². The number of hydrogen-bond acceptors (Lipinski definition) is 3. The molecule has 1 heterocycles. The van der Waals surface area contributed by atoms with Gasteiger partial charge in [-0.25, -0.2) is 9.59 Å². The largest absolute Gasteiger partial charge is 0.480 e. The van der Waals surface area contributed by atoms with Gasteiger partial charge >= 0.3 is 12.0 Å². The maximum atomic E-state index is 12.5. The van der Waals surface area contributed by atoms with Crippen LogP contribution in [0, 0.1) is 5.92 Å². The monoisotopic (exact) mass is 302 g/mol. The second-order valence-electron chi connectivity index (χ2n) is 5.62. The Bertz CT molecular complexity index is 351. The van der Waals surface area contributed by atoms with Crippen LogP contribution in [0.15, 0.2) is 0 Å². The molecule has 6 heteroatoms. The number of carboxylic acids is 1. The number of amides is 2. The van der Waals surface area contributed by atoms with Crippen LogP contribution in [0.1, 0.15) is 33.1 Å². The molecule has 0 saturated carbocycles. The molecule has 1 aliphatic heterocycles. The zero-order chi connectivity index (χ0) is 15.3. The summed E-state index contributed by atoms with van der Waals surface area (Å²) in [5, 5.41) is 9.37. The molecular weight excluding hydrogens is 276 g/mol. The Morgan fingerprint density at radius 2 is 2.15 bits per heavy atom. The topological polar surface area (TPSA) is 60.9 Å². The van der Waals surface area contributed by atoms with Gasteiger partial charge in [-0.1, -0.05) is 6.92 Å². The number of likely N-dealkylation sites (tertiary alicyclic amines) is 1. The summed E-state index contributed by atoms with van der Waals surface area (Å²) in [7, 11) is 1.77. The molecule has 116 valence electrons. The maximum Gasteiger partial charge on any atom is 0.326 e. The number of carbonyl (C=O) groups excluding carboxylic acids is 1. The minimum atomic E-state index is -0.893. The van der Waals surface area contributed by atoms with Gasteiger partial charge in [0.05, 0.1) is 0 Å². The Kier molecular flexibility index (Phi) is 6.65. The molecule has 0 aromatic heterocycles. The first kappa shape index (κ1) is 17.1. The lowest BCUT2D eigenvalue weighted by atomic mass is 9.91. The smallest absolute Gasteiger partial charge is 0.326 e. The Labute approximate surface area is 125 Å². The number of carboxylic acid groups (broad SMARTS) is 1. The first-order chi connectivity index (χ1) is 9.40. The molecule has 1 N–H and O–H groups in total. The van der Waals surface area contributed by atoms with Crippen LogP contribution in [0.2, 0.25) is 0 Å². The van der Waals surface area contributed by atoms with Crippen LogP contribution in [0.25, 0.3) is 0 Å². The highest BCUT2D eigenvalue weighted by atomic mass is 32.2. The minimum Gasteiger partial charge on any atom is -0.480 e. The van der Waals surface area contributed by atoms with E-state index in [0.717, 1.165) is 25.0 Å². The highest BCUT2D eigenvalue weighted by Gasteiger charge is 2.38. The maximum absolute atomic E-state index is 12.5. The highest BCUT2D eigenvalue weighted by Crippen LogP contribution is 2.25. The summed E-state index contributed by atoms with van der Waals surface area (Å²) in [6.07, 6.45) is 4.71. The van der Waals surface area contributed by atoms with Crippen LogP contribution in [0.4, 0.5) is 4.79 Å². The van der Waals surface area contributed by atoms with Crippen molar-refractivity contribution in [1.29, 1.82) is 0 Å². The van der Waals surface area contributed by atoms with Crippen molar-refractivity contribution >= 4 is 23.8 Å². The number of aliphatic carboxylic acids is 1. The summed E-state index contributed by atoms with van der Waals surface area (Å²) in [6, 6.07) is -0.717. The van der Waals surface area contributed by atoms with E-state index in [1.54, 1.807) is 23.7 Å². The fraction of sp³-hybridized carbons (Fsp3) is 0.857. The summed E-state index contributed by atoms with van der Waals surface area (Å²) in [5.41, 5.74) is 0. The van der Waals surface area contributed by atoms with Crippen molar-refractivity contribution < 1.29 is 14.7 Å². The Morgan fingerprint density at radius 3 is 2.70 bits per heavy atom. The summed E-state index contributed by atoms with van der Waals surface area (Å²) in [4.78, 5) is 27.2. The van der Waals surface area contributed by atoms with Crippen molar-refractivity contribution in [1.82, 2.24) is 9.80 Å². The van der Waals surface area contributed by atoms with E-state index in [9.17, 15) is 14.7 Å². The van der Waals surface area contributed by atoms with Crippen LogP contribution in [-0.2, 0) is 4.79 Å². The second kappa shape index (κ2) is 7.76. The van der Waals surface area contributed by atoms with E-state index >= 15 is 0 Å². The molecule has 3 atom stereocenters. The molecule has 3 unspecified atom stereocenters. The average molecular weight is 302 g/mol. The zero-order valence-corrected chi connectivity index (χ0v) is 13.7. The summed E-state index contributed by atoms with van der Waals surface area (Å²) in [5.74, 6) is 0.119. The fourth-order valence-corrected chi connectivity index (χ4v) is 3.23. The van der Waals surface area contributed by atoms with E-state index < -0.39 is 12.0 Å². The molecular formula is C14H26N2O3S. The predicted octanol–water partition coefficient (Wildman–Crippen LogP) is 2.36. The van der Waals surface area contributed by atoms with Gasteiger partial charge in [0.15, 0.2) is 0 Å². The number of thioether (sulfide) groups is 1. The molecule has 1 rings (SSSR count). The van der Waals surface area contributed by atoms with Crippen LogP contribution >= 0.6 is 11.8 Å². The molecule has 1 aliphatic rings. The van der Waals surface area contributed by atoms with Crippen molar-refractivity contribution in [3.63, 3.8) is 0 Å². The number of rotatable bonds is 5. The van der Waals surface area contributed by atoms with E-state index in [-0.39, 0.29) is 18.0 Å². The highest BCUT2D eigenvalue weighted by molar-refractivity contribution is 7.98. The minimum absolute atomic E-state index is 0.0140. The molecule has 0 radical (unpaired) electrons. The summed E-state index contributed by atoms with van der Waals surface area (Å²) < 4.78 is 0.